The minimum atomic E-state index is 0.604. The number of hydrogen-bond donors (Lipinski definition) is 1. The fraction of sp³-hybridized carbons (Fsp3) is 0.188. The zero-order valence-corrected chi connectivity index (χ0v) is 13.3. The first kappa shape index (κ1) is 16.0. The number of nitrogens with zero attached hydrogens (tertiary/aromatic N) is 1. The van der Waals surface area contributed by atoms with Crippen molar-refractivity contribution in [1.29, 1.82) is 0 Å². The Morgan fingerprint density at radius 1 is 1.00 bits per heavy atom. The van der Waals surface area contributed by atoms with Gasteiger partial charge in [0, 0.05) is 17.2 Å². The second-order valence-electron chi connectivity index (χ2n) is 4.33. The van der Waals surface area contributed by atoms with Gasteiger partial charge >= 0.3 is 0 Å². The van der Waals surface area contributed by atoms with E-state index < -0.39 is 0 Å². The van der Waals surface area contributed by atoms with Gasteiger partial charge < -0.3 is 14.2 Å². The number of halogens is 1. The summed E-state index contributed by atoms with van der Waals surface area (Å²) in [7, 11) is 4.74. The van der Waals surface area contributed by atoms with Gasteiger partial charge in [0.25, 0.3) is 0 Å². The summed E-state index contributed by atoms with van der Waals surface area (Å²) in [5.41, 5.74) is 4.40. The van der Waals surface area contributed by atoms with Crippen LogP contribution in [0.25, 0.3) is 0 Å². The summed E-state index contributed by atoms with van der Waals surface area (Å²) < 4.78 is 15.9. The molecular formula is C16H17ClN2O3. The molecule has 0 fully saturated rings. The number of rotatable bonds is 6. The van der Waals surface area contributed by atoms with Gasteiger partial charge in [0.05, 0.1) is 38.8 Å². The average Bonchev–Trinajstić information content (AvgIpc) is 2.54. The summed E-state index contributed by atoms with van der Waals surface area (Å²) in [6.07, 6.45) is 1.62. The van der Waals surface area contributed by atoms with Crippen molar-refractivity contribution in [1.82, 2.24) is 0 Å². The number of benzene rings is 2. The molecule has 6 heteroatoms. The van der Waals surface area contributed by atoms with Gasteiger partial charge in [-0.3, -0.25) is 5.43 Å². The van der Waals surface area contributed by atoms with Gasteiger partial charge in [-0.1, -0.05) is 17.7 Å². The largest absolute Gasteiger partial charge is 0.496 e. The maximum Gasteiger partial charge on any atom is 0.135 e. The van der Waals surface area contributed by atoms with Crippen LogP contribution in [0.5, 0.6) is 17.2 Å². The van der Waals surface area contributed by atoms with Crippen molar-refractivity contribution in [2.24, 2.45) is 5.10 Å². The molecule has 0 saturated carbocycles. The number of anilines is 1. The van der Waals surface area contributed by atoms with Crippen LogP contribution < -0.4 is 19.6 Å². The summed E-state index contributed by atoms with van der Waals surface area (Å²) >= 11 is 5.92. The van der Waals surface area contributed by atoms with Crippen molar-refractivity contribution >= 4 is 23.5 Å². The van der Waals surface area contributed by atoms with E-state index in [9.17, 15) is 0 Å². The number of nitrogens with one attached hydrogen (secondary N) is 1. The van der Waals surface area contributed by atoms with Crippen LogP contribution >= 0.6 is 11.6 Å². The highest BCUT2D eigenvalue weighted by Gasteiger charge is 2.11. The van der Waals surface area contributed by atoms with Crippen LogP contribution in [0.3, 0.4) is 0 Å². The lowest BCUT2D eigenvalue weighted by atomic mass is 10.2. The molecule has 0 aliphatic rings. The molecule has 1 N–H and O–H groups in total. The van der Waals surface area contributed by atoms with Gasteiger partial charge in [0.15, 0.2) is 0 Å². The van der Waals surface area contributed by atoms with E-state index in [1.807, 2.05) is 12.1 Å². The van der Waals surface area contributed by atoms with Gasteiger partial charge in [-0.25, -0.2) is 0 Å². The van der Waals surface area contributed by atoms with Crippen LogP contribution in [0.15, 0.2) is 41.5 Å². The molecule has 0 aromatic heterocycles. The molecule has 0 heterocycles. The molecule has 0 saturated heterocycles. The first-order valence-corrected chi connectivity index (χ1v) is 6.90. The fourth-order valence-corrected chi connectivity index (χ4v) is 2.08. The maximum atomic E-state index is 5.92. The second kappa shape index (κ2) is 7.56. The van der Waals surface area contributed by atoms with E-state index in [2.05, 4.69) is 10.5 Å². The minimum absolute atomic E-state index is 0.604. The van der Waals surface area contributed by atoms with Crippen LogP contribution in [-0.4, -0.2) is 27.5 Å². The SMILES string of the molecule is COc1cc(OC)c(/C=N/Nc2cccc(Cl)c2)c(OC)c1. The molecular weight excluding hydrogens is 304 g/mol. The van der Waals surface area contributed by atoms with Crippen molar-refractivity contribution < 1.29 is 14.2 Å². The van der Waals surface area contributed by atoms with Crippen molar-refractivity contribution in [3.05, 3.63) is 47.0 Å². The standard InChI is InChI=1S/C16H17ClN2O3/c1-20-13-8-15(21-2)14(16(9-13)22-3)10-18-19-12-6-4-5-11(17)7-12/h4-10,19H,1-3H3/b18-10+. The number of methoxy groups -OCH3 is 3. The molecule has 0 aliphatic carbocycles. The van der Waals surface area contributed by atoms with Crippen molar-refractivity contribution in [2.75, 3.05) is 26.8 Å². The molecule has 0 radical (unpaired) electrons. The van der Waals surface area contributed by atoms with Gasteiger partial charge in [-0.15, -0.1) is 0 Å². The molecule has 2 rings (SSSR count). The van der Waals surface area contributed by atoms with Crippen LogP contribution in [-0.2, 0) is 0 Å². The number of hydrogen-bond acceptors (Lipinski definition) is 5. The van der Waals surface area contributed by atoms with Crippen molar-refractivity contribution in [3.8, 4) is 17.2 Å². The molecule has 0 aliphatic heterocycles. The highest BCUT2D eigenvalue weighted by atomic mass is 35.5. The third-order valence-corrected chi connectivity index (χ3v) is 3.20. The van der Waals surface area contributed by atoms with E-state index in [1.54, 1.807) is 51.8 Å². The third kappa shape index (κ3) is 3.83. The Labute approximate surface area is 134 Å². The average molecular weight is 321 g/mol. The van der Waals surface area contributed by atoms with Crippen molar-refractivity contribution in [3.63, 3.8) is 0 Å². The molecule has 0 bridgehead atoms. The van der Waals surface area contributed by atoms with Crippen LogP contribution in [0, 0.1) is 0 Å². The fourth-order valence-electron chi connectivity index (χ4n) is 1.89. The molecule has 0 amide bonds. The Hall–Kier alpha value is -2.40. The predicted molar refractivity (Wildman–Crippen MR) is 88.8 cm³/mol. The summed E-state index contributed by atoms with van der Waals surface area (Å²) in [6, 6.07) is 10.8. The van der Waals surface area contributed by atoms with Crippen LogP contribution in [0.2, 0.25) is 5.02 Å². The Balaban J connectivity index is 2.25. The lowest BCUT2D eigenvalue weighted by Gasteiger charge is -2.12. The van der Waals surface area contributed by atoms with Gasteiger partial charge in [0.1, 0.15) is 17.2 Å². The van der Waals surface area contributed by atoms with E-state index in [-0.39, 0.29) is 0 Å². The zero-order valence-electron chi connectivity index (χ0n) is 12.6. The smallest absolute Gasteiger partial charge is 0.135 e. The molecule has 0 unspecified atom stereocenters. The van der Waals surface area contributed by atoms with E-state index in [0.717, 1.165) is 5.69 Å². The maximum absolute atomic E-state index is 5.92. The van der Waals surface area contributed by atoms with Gasteiger partial charge in [0.2, 0.25) is 0 Å². The lowest BCUT2D eigenvalue weighted by Crippen LogP contribution is -1.99. The molecule has 22 heavy (non-hydrogen) atoms. The number of hydrazone groups is 1. The lowest BCUT2D eigenvalue weighted by molar-refractivity contribution is 0.374. The number of ether oxygens (including phenoxy) is 3. The minimum Gasteiger partial charge on any atom is -0.496 e. The van der Waals surface area contributed by atoms with E-state index in [0.29, 0.717) is 27.8 Å². The van der Waals surface area contributed by atoms with E-state index in [1.165, 1.54) is 0 Å². The summed E-state index contributed by atoms with van der Waals surface area (Å²) in [6.45, 7) is 0. The molecule has 0 atom stereocenters. The van der Waals surface area contributed by atoms with Gasteiger partial charge in [-0.2, -0.15) is 5.10 Å². The normalized spacial score (nSPS) is 10.5. The predicted octanol–water partition coefficient (Wildman–Crippen LogP) is 3.81. The second-order valence-corrected chi connectivity index (χ2v) is 4.76. The Kier molecular flexibility index (Phi) is 5.49. The molecule has 2 aromatic carbocycles. The summed E-state index contributed by atoms with van der Waals surface area (Å²) in [5.74, 6) is 1.86. The molecule has 116 valence electrons. The van der Waals surface area contributed by atoms with E-state index in [4.69, 9.17) is 25.8 Å². The highest BCUT2D eigenvalue weighted by Crippen LogP contribution is 2.32. The van der Waals surface area contributed by atoms with Gasteiger partial charge in [-0.05, 0) is 18.2 Å². The highest BCUT2D eigenvalue weighted by molar-refractivity contribution is 6.30. The molecule has 5 nitrogen and oxygen atoms in total. The quantitative estimate of drug-likeness (QED) is 0.649. The van der Waals surface area contributed by atoms with Crippen LogP contribution in [0.1, 0.15) is 5.56 Å². The summed E-state index contributed by atoms with van der Waals surface area (Å²) in [4.78, 5) is 0. The van der Waals surface area contributed by atoms with Crippen molar-refractivity contribution in [2.45, 2.75) is 0 Å². The molecule has 2 aromatic rings. The Morgan fingerprint density at radius 2 is 1.68 bits per heavy atom. The van der Waals surface area contributed by atoms with E-state index >= 15 is 0 Å². The third-order valence-electron chi connectivity index (χ3n) is 2.97. The first-order chi connectivity index (χ1) is 10.7. The Morgan fingerprint density at radius 3 is 2.23 bits per heavy atom. The zero-order chi connectivity index (χ0) is 15.9. The van der Waals surface area contributed by atoms with Crippen LogP contribution in [0.4, 0.5) is 5.69 Å². The summed E-state index contributed by atoms with van der Waals surface area (Å²) in [5, 5.41) is 4.83. The first-order valence-electron chi connectivity index (χ1n) is 6.52. The Bertz CT molecular complexity index is 649. The molecule has 0 spiro atoms. The topological polar surface area (TPSA) is 52.1 Å². The monoisotopic (exact) mass is 320 g/mol.